The van der Waals surface area contributed by atoms with Gasteiger partial charge in [0.15, 0.2) is 24.0 Å². The third-order valence-corrected chi connectivity index (χ3v) is 15.9. The lowest BCUT2D eigenvalue weighted by atomic mass is 9.77. The second-order valence-electron chi connectivity index (χ2n) is 17.7. The van der Waals surface area contributed by atoms with E-state index >= 15 is 0 Å². The number of amides is 2. The summed E-state index contributed by atoms with van der Waals surface area (Å²) in [6.45, 7) is -0.508. The van der Waals surface area contributed by atoms with E-state index in [1.807, 2.05) is 212 Å². The molecule has 0 aromatic heterocycles. The quantitative estimate of drug-likeness (QED) is 0.0282. The Balaban J connectivity index is 0.914. The number of esters is 2. The van der Waals surface area contributed by atoms with Gasteiger partial charge in [-0.3, -0.25) is 14.5 Å². The Hall–Kier alpha value is -7.88. The van der Waals surface area contributed by atoms with Crippen molar-refractivity contribution in [2.75, 3.05) is 18.2 Å². The van der Waals surface area contributed by atoms with Crippen molar-refractivity contribution in [1.29, 1.82) is 0 Å². The molecule has 3 atom stereocenters. The number of halogens is 1. The molecular weight excluding hydrogens is 1000 g/mol. The van der Waals surface area contributed by atoms with Crippen molar-refractivity contribution < 1.29 is 33.5 Å². The lowest BCUT2D eigenvalue weighted by Crippen LogP contribution is -2.70. The van der Waals surface area contributed by atoms with Gasteiger partial charge in [-0.25, -0.2) is 19.4 Å². The highest BCUT2D eigenvalue weighted by Crippen LogP contribution is 2.43. The summed E-state index contributed by atoms with van der Waals surface area (Å²) < 4.78 is 16.8. The number of nitrogens with one attached hydrogen (secondary N) is 2. The molecule has 2 N–H and O–H groups in total. The maximum Gasteiger partial charge on any atom is 0.356 e. The fourth-order valence-corrected chi connectivity index (χ4v) is 12.3. The minimum absolute atomic E-state index is 0.00983. The van der Waals surface area contributed by atoms with Gasteiger partial charge in [-0.15, -0.1) is 23.4 Å². The van der Waals surface area contributed by atoms with Crippen molar-refractivity contribution in [2.24, 2.45) is 9.52 Å². The lowest BCUT2D eigenvalue weighted by Gasteiger charge is -2.49. The van der Waals surface area contributed by atoms with E-state index in [2.05, 4.69) is 15.2 Å². The standard InChI is InChI=1S/C60H50ClN5O7S2/c61-37-45-39-74-57-52(56(69)66(57)53(45)58(70)73-55(43-26-12-3-13-27-43)44-28-14-4-15-29-44)63-50(67)36-49-40-75(65-71-38-51(68)72-54(41-22-8-1-9-23-41)42-24-10-2-11-25-42)59(62-49)64-60(46-30-16-5-17-31-46,47-32-18-6-19-33-47)48-34-20-7-21-35-48/h1-35,40,52,54-55,57H,36-39H2,(H,62,64)(H,63,67). The number of nitrogens with zero attached hydrogens (tertiary/aromatic N) is 3. The van der Waals surface area contributed by atoms with E-state index in [4.69, 9.17) is 30.9 Å². The highest BCUT2D eigenvalue weighted by Gasteiger charge is 2.54. The van der Waals surface area contributed by atoms with E-state index in [1.165, 1.54) is 16.7 Å². The number of carbonyl (C=O) groups is 4. The molecule has 10 rings (SSSR count). The van der Waals surface area contributed by atoms with Crippen LogP contribution in [0, 0.1) is 0 Å². The van der Waals surface area contributed by atoms with E-state index < -0.39 is 70.2 Å². The van der Waals surface area contributed by atoms with E-state index in [0.29, 0.717) is 22.2 Å². The van der Waals surface area contributed by atoms with Crippen molar-refractivity contribution >= 4 is 63.0 Å². The van der Waals surface area contributed by atoms with Crippen LogP contribution in [-0.2, 0) is 49.7 Å². The summed E-state index contributed by atoms with van der Waals surface area (Å²) >= 11 is 7.83. The predicted molar refractivity (Wildman–Crippen MR) is 293 cm³/mol. The third kappa shape index (κ3) is 11.2. The fourth-order valence-electron chi connectivity index (χ4n) is 9.32. The number of hydrogen-bond acceptors (Lipinski definition) is 10. The Bertz CT molecular complexity index is 3110. The number of β-lactam (4-membered cyclic amide) rings is 1. The van der Waals surface area contributed by atoms with Crippen LogP contribution in [0.4, 0.5) is 0 Å². The number of fused-ring (bicyclic) bond motifs is 1. The Morgan fingerprint density at radius 2 is 1.11 bits per heavy atom. The van der Waals surface area contributed by atoms with Gasteiger partial charge in [-0.05, 0) is 44.5 Å². The van der Waals surface area contributed by atoms with E-state index in [1.54, 1.807) is 5.41 Å². The summed E-state index contributed by atoms with van der Waals surface area (Å²) in [4.78, 5) is 68.9. The van der Waals surface area contributed by atoms with Gasteiger partial charge >= 0.3 is 11.9 Å². The molecule has 3 aliphatic heterocycles. The average molecular weight is 1050 g/mol. The molecular formula is C60H50ClN5O7S2. The number of carbonyl (C=O) groups excluding carboxylic acids is 4. The van der Waals surface area contributed by atoms with Gasteiger partial charge in [-0.1, -0.05) is 217 Å². The van der Waals surface area contributed by atoms with Crippen LogP contribution in [0.25, 0.3) is 0 Å². The van der Waals surface area contributed by atoms with Crippen molar-refractivity contribution in [3.8, 4) is 0 Å². The summed E-state index contributed by atoms with van der Waals surface area (Å²) in [6.07, 6.45) is -1.62. The lowest BCUT2D eigenvalue weighted by molar-refractivity contribution is -0.154. The first-order chi connectivity index (χ1) is 36.8. The van der Waals surface area contributed by atoms with Crippen LogP contribution in [0.3, 0.4) is 0 Å². The molecule has 7 aromatic carbocycles. The van der Waals surface area contributed by atoms with Crippen LogP contribution >= 0.6 is 23.4 Å². The molecule has 3 aliphatic rings. The molecule has 12 nitrogen and oxygen atoms in total. The minimum atomic E-state index is -1.30. The molecule has 75 heavy (non-hydrogen) atoms. The summed E-state index contributed by atoms with van der Waals surface area (Å²) in [5.41, 5.74) is 5.70. The van der Waals surface area contributed by atoms with E-state index in [0.717, 1.165) is 38.9 Å². The Labute approximate surface area is 446 Å². The van der Waals surface area contributed by atoms with E-state index in [9.17, 15) is 19.2 Å². The third-order valence-electron chi connectivity index (χ3n) is 12.8. The highest BCUT2D eigenvalue weighted by atomic mass is 35.5. The smallest absolute Gasteiger partial charge is 0.356 e. The zero-order valence-electron chi connectivity index (χ0n) is 40.3. The number of hydrogen-bond donors (Lipinski definition) is 2. The second-order valence-corrected chi connectivity index (χ2v) is 20.4. The monoisotopic (exact) mass is 1050 g/mol. The van der Waals surface area contributed by atoms with Crippen LogP contribution in [0.15, 0.2) is 244 Å². The van der Waals surface area contributed by atoms with Gasteiger partial charge < -0.3 is 20.1 Å². The molecule has 1 fully saturated rings. The van der Waals surface area contributed by atoms with Crippen LogP contribution in [0.1, 0.15) is 57.6 Å². The first kappa shape index (κ1) is 50.6. The van der Waals surface area contributed by atoms with Gasteiger partial charge in [0.1, 0.15) is 22.7 Å². The van der Waals surface area contributed by atoms with Gasteiger partial charge in [0.25, 0.3) is 5.91 Å². The molecule has 0 radical (unpaired) electrons. The Kier molecular flexibility index (Phi) is 15.9. The molecule has 0 saturated carbocycles. The molecule has 1 saturated heterocycles. The molecule has 0 aliphatic carbocycles. The topological polar surface area (TPSA) is 148 Å². The van der Waals surface area contributed by atoms with Gasteiger partial charge in [0.05, 0.1) is 6.42 Å². The predicted octanol–water partition coefficient (Wildman–Crippen LogP) is 10.5. The number of ether oxygens (including phenoxy) is 2. The number of benzene rings is 7. The molecule has 2 amide bonds. The number of aliphatic imine (C=N–C) groups is 1. The van der Waals surface area contributed by atoms with Gasteiger partial charge in [0, 0.05) is 33.4 Å². The van der Waals surface area contributed by atoms with Gasteiger partial charge in [-0.2, -0.15) is 0 Å². The Morgan fingerprint density at radius 1 is 0.667 bits per heavy atom. The summed E-state index contributed by atoms with van der Waals surface area (Å²) in [5, 5.41) is 7.86. The SMILES string of the molecule is O=C(CC1=C/S(=N\OCC(=O)OC(c2ccccc2)c2ccccc2)C(=NC(c2ccccc2)(c2ccccc2)c2ccccc2)N1)NC1C(=O)N2C(C(=O)OC(c3ccccc3)c3ccccc3)=C(CCl)CSC12. The van der Waals surface area contributed by atoms with Crippen LogP contribution in [-0.4, -0.2) is 63.5 Å². The summed E-state index contributed by atoms with van der Waals surface area (Å²) in [7, 11) is -1.30. The normalized spacial score (nSPS) is 17.8. The maximum atomic E-state index is 14.2. The second kappa shape index (κ2) is 23.5. The number of amidine groups is 1. The molecule has 15 heteroatoms. The fraction of sp³-hybridized carbons (Fsp3) is 0.150. The van der Waals surface area contributed by atoms with E-state index in [-0.39, 0.29) is 18.0 Å². The average Bonchev–Trinajstić information content (AvgIpc) is 3.85. The van der Waals surface area contributed by atoms with Crippen LogP contribution in [0.2, 0.25) is 0 Å². The highest BCUT2D eigenvalue weighted by molar-refractivity contribution is 8.05. The first-order valence-corrected chi connectivity index (χ1v) is 27.1. The number of alkyl halides is 1. The van der Waals surface area contributed by atoms with Crippen molar-refractivity contribution in [3.05, 3.63) is 274 Å². The van der Waals surface area contributed by atoms with Crippen LogP contribution in [0.5, 0.6) is 0 Å². The summed E-state index contributed by atoms with van der Waals surface area (Å²) in [6, 6.07) is 66.5. The minimum Gasteiger partial charge on any atom is -0.451 e. The molecule has 376 valence electrons. The Morgan fingerprint density at radius 3 is 1.56 bits per heavy atom. The van der Waals surface area contributed by atoms with Crippen molar-refractivity contribution in [1.82, 2.24) is 15.5 Å². The first-order valence-electron chi connectivity index (χ1n) is 24.2. The number of rotatable bonds is 18. The zero-order valence-corrected chi connectivity index (χ0v) is 42.7. The molecule has 7 aromatic rings. The van der Waals surface area contributed by atoms with Crippen molar-refractivity contribution in [3.63, 3.8) is 0 Å². The molecule has 3 unspecified atom stereocenters. The van der Waals surface area contributed by atoms with Crippen LogP contribution < -0.4 is 10.6 Å². The zero-order chi connectivity index (χ0) is 51.6. The number of thioether (sulfide) groups is 1. The summed E-state index contributed by atoms with van der Waals surface area (Å²) in [5.74, 6) is -1.88. The maximum absolute atomic E-state index is 14.2. The molecule has 0 spiro atoms. The largest absolute Gasteiger partial charge is 0.451 e. The van der Waals surface area contributed by atoms with Crippen molar-refractivity contribution in [2.45, 2.75) is 35.6 Å². The molecule has 0 bridgehead atoms. The molecule has 3 heterocycles. The van der Waals surface area contributed by atoms with Gasteiger partial charge in [0.2, 0.25) is 5.91 Å².